The number of nitrogens with zero attached hydrogens (tertiary/aromatic N) is 2. The minimum absolute atomic E-state index is 0.0366. The Hall–Kier alpha value is -2.56. The maximum atomic E-state index is 12.6. The second-order valence-electron chi connectivity index (χ2n) is 5.71. The molecule has 2 heterocycles. The summed E-state index contributed by atoms with van der Waals surface area (Å²) < 4.78 is 8.61. The van der Waals surface area contributed by atoms with E-state index >= 15 is 0 Å². The summed E-state index contributed by atoms with van der Waals surface area (Å²) in [6.45, 7) is 4.19. The monoisotopic (exact) mass is 312 g/mol. The SMILES string of the molecule is CCOC(=O)CCc1ccc2c(=O)n(C)c3cc(C)ccc3n12. The predicted molar refractivity (Wildman–Crippen MR) is 89.8 cm³/mol. The fourth-order valence-corrected chi connectivity index (χ4v) is 2.96. The lowest BCUT2D eigenvalue weighted by Crippen LogP contribution is -2.20. The van der Waals surface area contributed by atoms with Crippen LogP contribution >= 0.6 is 0 Å². The Morgan fingerprint density at radius 3 is 2.61 bits per heavy atom. The van der Waals surface area contributed by atoms with E-state index in [0.29, 0.717) is 25.0 Å². The van der Waals surface area contributed by atoms with Gasteiger partial charge < -0.3 is 13.7 Å². The summed E-state index contributed by atoms with van der Waals surface area (Å²) in [5, 5.41) is 0. The third-order valence-electron chi connectivity index (χ3n) is 4.11. The van der Waals surface area contributed by atoms with E-state index < -0.39 is 0 Å². The number of rotatable bonds is 4. The van der Waals surface area contributed by atoms with Crippen molar-refractivity contribution in [2.75, 3.05) is 6.61 Å². The molecule has 0 amide bonds. The fourth-order valence-electron chi connectivity index (χ4n) is 2.96. The second-order valence-corrected chi connectivity index (χ2v) is 5.71. The number of hydrogen-bond acceptors (Lipinski definition) is 3. The molecule has 5 heteroatoms. The number of hydrogen-bond donors (Lipinski definition) is 0. The highest BCUT2D eigenvalue weighted by molar-refractivity contribution is 5.80. The molecule has 0 fully saturated rings. The molecule has 3 aromatic rings. The molecule has 23 heavy (non-hydrogen) atoms. The first-order valence-corrected chi connectivity index (χ1v) is 7.78. The minimum atomic E-state index is -0.216. The van der Waals surface area contributed by atoms with E-state index in [1.54, 1.807) is 18.5 Å². The zero-order valence-electron chi connectivity index (χ0n) is 13.6. The molecule has 1 aromatic carbocycles. The number of aromatic nitrogens is 2. The summed E-state index contributed by atoms with van der Waals surface area (Å²) in [7, 11) is 1.79. The Bertz CT molecular complexity index is 950. The molecule has 0 atom stereocenters. The minimum Gasteiger partial charge on any atom is -0.466 e. The molecule has 2 aromatic heterocycles. The zero-order valence-corrected chi connectivity index (χ0v) is 13.6. The van der Waals surface area contributed by atoms with Crippen molar-refractivity contribution in [2.24, 2.45) is 7.05 Å². The molecule has 0 N–H and O–H groups in total. The van der Waals surface area contributed by atoms with Crippen LogP contribution in [0.4, 0.5) is 0 Å². The fraction of sp³-hybridized carbons (Fsp3) is 0.333. The third-order valence-corrected chi connectivity index (χ3v) is 4.11. The lowest BCUT2D eigenvalue weighted by Gasteiger charge is -2.11. The van der Waals surface area contributed by atoms with Crippen LogP contribution < -0.4 is 5.56 Å². The van der Waals surface area contributed by atoms with Crippen LogP contribution in [0.5, 0.6) is 0 Å². The number of ether oxygens (including phenoxy) is 1. The quantitative estimate of drug-likeness (QED) is 0.696. The largest absolute Gasteiger partial charge is 0.466 e. The van der Waals surface area contributed by atoms with Crippen LogP contribution in [0, 0.1) is 6.92 Å². The Balaban J connectivity index is 2.16. The van der Waals surface area contributed by atoms with Crippen LogP contribution in [-0.2, 0) is 23.0 Å². The van der Waals surface area contributed by atoms with Gasteiger partial charge in [-0.1, -0.05) is 6.07 Å². The summed E-state index contributed by atoms with van der Waals surface area (Å²) in [5.41, 5.74) is 4.49. The van der Waals surface area contributed by atoms with E-state index in [-0.39, 0.29) is 11.5 Å². The summed E-state index contributed by atoms with van der Waals surface area (Å²) in [6.07, 6.45) is 0.853. The lowest BCUT2D eigenvalue weighted by molar-refractivity contribution is -0.143. The van der Waals surface area contributed by atoms with Crippen LogP contribution in [0.2, 0.25) is 0 Å². The summed E-state index contributed by atoms with van der Waals surface area (Å²) in [4.78, 5) is 24.2. The molecular weight excluding hydrogens is 292 g/mol. The van der Waals surface area contributed by atoms with Crippen LogP contribution in [0.25, 0.3) is 16.6 Å². The second kappa shape index (κ2) is 5.91. The molecule has 0 saturated carbocycles. The van der Waals surface area contributed by atoms with Crippen LogP contribution in [-0.4, -0.2) is 21.5 Å². The number of benzene rings is 1. The van der Waals surface area contributed by atoms with Crippen molar-refractivity contribution in [3.05, 3.63) is 51.9 Å². The molecule has 0 aliphatic heterocycles. The van der Waals surface area contributed by atoms with E-state index in [4.69, 9.17) is 4.74 Å². The molecule has 0 spiro atoms. The lowest BCUT2D eigenvalue weighted by atomic mass is 10.2. The van der Waals surface area contributed by atoms with Gasteiger partial charge in [0, 0.05) is 12.7 Å². The number of carbonyl (C=O) groups excluding carboxylic acids is 1. The highest BCUT2D eigenvalue weighted by Crippen LogP contribution is 2.19. The molecule has 0 aliphatic carbocycles. The first-order chi connectivity index (χ1) is 11.0. The Morgan fingerprint density at radius 1 is 1.13 bits per heavy atom. The van der Waals surface area contributed by atoms with Crippen LogP contribution in [0.1, 0.15) is 24.6 Å². The maximum Gasteiger partial charge on any atom is 0.306 e. The first kappa shape index (κ1) is 15.3. The molecular formula is C18H20N2O3. The number of aryl methyl sites for hydroxylation is 3. The highest BCUT2D eigenvalue weighted by atomic mass is 16.5. The van der Waals surface area contributed by atoms with Gasteiger partial charge in [-0.2, -0.15) is 0 Å². The van der Waals surface area contributed by atoms with Crippen molar-refractivity contribution in [1.82, 2.24) is 8.97 Å². The zero-order chi connectivity index (χ0) is 16.6. The van der Waals surface area contributed by atoms with Crippen molar-refractivity contribution >= 4 is 22.5 Å². The van der Waals surface area contributed by atoms with Gasteiger partial charge in [0.2, 0.25) is 0 Å². The molecule has 120 valence electrons. The van der Waals surface area contributed by atoms with Gasteiger partial charge in [-0.05, 0) is 50.1 Å². The molecule has 0 radical (unpaired) electrons. The van der Waals surface area contributed by atoms with E-state index in [0.717, 1.165) is 22.3 Å². The van der Waals surface area contributed by atoms with Crippen molar-refractivity contribution in [3.8, 4) is 0 Å². The Labute approximate surface area is 134 Å². The van der Waals surface area contributed by atoms with Gasteiger partial charge in [-0.25, -0.2) is 0 Å². The predicted octanol–water partition coefficient (Wildman–Crippen LogP) is 2.60. The molecule has 3 rings (SSSR count). The normalized spacial score (nSPS) is 11.3. The highest BCUT2D eigenvalue weighted by Gasteiger charge is 2.13. The van der Waals surface area contributed by atoms with E-state index in [2.05, 4.69) is 0 Å². The van der Waals surface area contributed by atoms with Crippen molar-refractivity contribution in [2.45, 2.75) is 26.7 Å². The average molecular weight is 312 g/mol. The Kier molecular flexibility index (Phi) is 3.94. The molecule has 0 aliphatic rings. The number of esters is 1. The Morgan fingerprint density at radius 2 is 1.87 bits per heavy atom. The van der Waals surface area contributed by atoms with E-state index in [1.165, 1.54) is 0 Å². The van der Waals surface area contributed by atoms with Gasteiger partial charge in [0.1, 0.15) is 5.52 Å². The molecule has 0 bridgehead atoms. The summed E-state index contributed by atoms with van der Waals surface area (Å²) in [6, 6.07) is 9.79. The standard InChI is InChI=1S/C18H20N2O3/c1-4-23-17(21)10-7-13-6-9-15-18(22)19(3)16-11-12(2)5-8-14(16)20(13)15/h5-6,8-9,11H,4,7,10H2,1-3H3. The summed E-state index contributed by atoms with van der Waals surface area (Å²) in [5.74, 6) is -0.216. The van der Waals surface area contributed by atoms with Gasteiger partial charge >= 0.3 is 5.97 Å². The third kappa shape index (κ3) is 2.63. The van der Waals surface area contributed by atoms with Gasteiger partial charge in [-0.15, -0.1) is 0 Å². The average Bonchev–Trinajstić information content (AvgIpc) is 2.95. The van der Waals surface area contributed by atoms with E-state index in [9.17, 15) is 9.59 Å². The summed E-state index contributed by atoms with van der Waals surface area (Å²) >= 11 is 0. The van der Waals surface area contributed by atoms with Gasteiger partial charge in [0.05, 0.1) is 24.1 Å². The number of carbonyl (C=O) groups is 1. The van der Waals surface area contributed by atoms with Gasteiger partial charge in [0.15, 0.2) is 0 Å². The topological polar surface area (TPSA) is 52.7 Å². The van der Waals surface area contributed by atoms with E-state index in [1.807, 2.05) is 41.7 Å². The van der Waals surface area contributed by atoms with Crippen LogP contribution in [0.15, 0.2) is 35.1 Å². The molecule has 0 unspecified atom stereocenters. The van der Waals surface area contributed by atoms with Crippen molar-refractivity contribution in [1.29, 1.82) is 0 Å². The van der Waals surface area contributed by atoms with Crippen LogP contribution in [0.3, 0.4) is 0 Å². The maximum absolute atomic E-state index is 12.6. The first-order valence-electron chi connectivity index (χ1n) is 7.78. The molecule has 0 saturated heterocycles. The smallest absolute Gasteiger partial charge is 0.306 e. The van der Waals surface area contributed by atoms with Gasteiger partial charge in [-0.3, -0.25) is 9.59 Å². The number of fused-ring (bicyclic) bond motifs is 3. The van der Waals surface area contributed by atoms with Gasteiger partial charge in [0.25, 0.3) is 5.56 Å². The van der Waals surface area contributed by atoms with Crippen molar-refractivity contribution < 1.29 is 9.53 Å². The molecule has 5 nitrogen and oxygen atoms in total. The van der Waals surface area contributed by atoms with Crippen molar-refractivity contribution in [3.63, 3.8) is 0 Å².